The van der Waals surface area contributed by atoms with E-state index in [1.54, 1.807) is 13.0 Å². The zero-order valence-corrected chi connectivity index (χ0v) is 13.0. The van der Waals surface area contributed by atoms with Crippen molar-refractivity contribution in [1.29, 1.82) is 0 Å². The van der Waals surface area contributed by atoms with Gasteiger partial charge in [0.2, 0.25) is 11.8 Å². The normalized spacial score (nSPS) is 22.9. The molecule has 1 N–H and O–H groups in total. The molecular weight excluding hydrogens is 327 g/mol. The highest BCUT2D eigenvalue weighted by Crippen LogP contribution is 2.21. The summed E-state index contributed by atoms with van der Waals surface area (Å²) >= 11 is 3.22. The van der Waals surface area contributed by atoms with Gasteiger partial charge in [0.15, 0.2) is 0 Å². The molecule has 1 aliphatic rings. The third-order valence-electron chi connectivity index (χ3n) is 3.51. The van der Waals surface area contributed by atoms with E-state index in [0.29, 0.717) is 16.5 Å². The largest absolute Gasteiger partial charge is 0.340 e. The first-order chi connectivity index (χ1) is 9.34. The molecule has 0 aromatic heterocycles. The summed E-state index contributed by atoms with van der Waals surface area (Å²) < 4.78 is 14.0. The molecule has 108 valence electrons. The van der Waals surface area contributed by atoms with Crippen molar-refractivity contribution in [3.05, 3.63) is 34.1 Å². The third-order valence-corrected chi connectivity index (χ3v) is 3.97. The fraction of sp³-hybridized carbons (Fsp3) is 0.429. The Hall–Kier alpha value is -1.43. The Morgan fingerprint density at radius 2 is 2.10 bits per heavy atom. The number of carbonyl (C=O) groups is 2. The minimum atomic E-state index is -0.875. The minimum absolute atomic E-state index is 0.00254. The van der Waals surface area contributed by atoms with E-state index in [-0.39, 0.29) is 30.7 Å². The number of nitrogens with one attached hydrogen (secondary N) is 1. The van der Waals surface area contributed by atoms with Gasteiger partial charge in [0.25, 0.3) is 0 Å². The zero-order chi connectivity index (χ0) is 14.9. The molecule has 1 saturated heterocycles. The average molecular weight is 343 g/mol. The number of hydrogen-bond acceptors (Lipinski definition) is 2. The van der Waals surface area contributed by atoms with Gasteiger partial charge >= 0.3 is 0 Å². The van der Waals surface area contributed by atoms with Crippen molar-refractivity contribution in [2.24, 2.45) is 0 Å². The van der Waals surface area contributed by atoms with E-state index >= 15 is 0 Å². The molecule has 1 fully saturated rings. The van der Waals surface area contributed by atoms with E-state index in [1.165, 1.54) is 17.0 Å². The summed E-state index contributed by atoms with van der Waals surface area (Å²) in [5.41, 5.74) is -0.224. The molecule has 1 heterocycles. The van der Waals surface area contributed by atoms with E-state index in [2.05, 4.69) is 21.2 Å². The lowest BCUT2D eigenvalue weighted by molar-refractivity contribution is -0.149. The number of hydrogen-bond donors (Lipinski definition) is 1. The van der Waals surface area contributed by atoms with Crippen molar-refractivity contribution < 1.29 is 14.0 Å². The first kappa shape index (κ1) is 15.0. The molecule has 1 aromatic carbocycles. The van der Waals surface area contributed by atoms with Crippen LogP contribution in [-0.4, -0.2) is 28.8 Å². The predicted octanol–water partition coefficient (Wildman–Crippen LogP) is 2.22. The number of benzene rings is 1. The van der Waals surface area contributed by atoms with Crippen molar-refractivity contribution >= 4 is 27.7 Å². The van der Waals surface area contributed by atoms with Crippen LogP contribution >= 0.6 is 15.9 Å². The molecular formula is C14H16BrFN2O2. The average Bonchev–Trinajstić information content (AvgIpc) is 2.34. The second-order valence-electron chi connectivity index (χ2n) is 5.17. The zero-order valence-electron chi connectivity index (χ0n) is 11.4. The number of carbonyl (C=O) groups excluding carboxylic acids is 2. The van der Waals surface area contributed by atoms with Crippen LogP contribution in [0.2, 0.25) is 0 Å². The summed E-state index contributed by atoms with van der Waals surface area (Å²) in [6, 6.07) is 4.46. The number of rotatable bonds is 3. The molecule has 0 saturated carbocycles. The van der Waals surface area contributed by atoms with Crippen LogP contribution in [0, 0.1) is 5.82 Å². The van der Waals surface area contributed by atoms with Crippen molar-refractivity contribution in [3.8, 4) is 0 Å². The molecule has 1 atom stereocenters. The van der Waals surface area contributed by atoms with Gasteiger partial charge in [0.1, 0.15) is 11.4 Å². The van der Waals surface area contributed by atoms with Crippen LogP contribution in [0.3, 0.4) is 0 Å². The number of amides is 2. The quantitative estimate of drug-likeness (QED) is 0.915. The van der Waals surface area contributed by atoms with E-state index in [4.69, 9.17) is 0 Å². The Morgan fingerprint density at radius 1 is 1.40 bits per heavy atom. The van der Waals surface area contributed by atoms with E-state index in [1.807, 2.05) is 6.92 Å². The first-order valence-corrected chi connectivity index (χ1v) is 7.19. The Labute approximate surface area is 125 Å². The fourth-order valence-electron chi connectivity index (χ4n) is 2.28. The van der Waals surface area contributed by atoms with Gasteiger partial charge in [-0.15, -0.1) is 0 Å². The molecule has 2 rings (SSSR count). The summed E-state index contributed by atoms with van der Waals surface area (Å²) in [5, 5.41) is 2.72. The molecule has 6 heteroatoms. The molecule has 0 bridgehead atoms. The first-order valence-electron chi connectivity index (χ1n) is 6.39. The SMILES string of the molecule is CCC1(C)NC(=O)CN(Cc2cc(F)cc(Br)c2)C1=O. The van der Waals surface area contributed by atoms with Crippen molar-refractivity contribution in [3.63, 3.8) is 0 Å². The van der Waals surface area contributed by atoms with Crippen molar-refractivity contribution in [1.82, 2.24) is 10.2 Å². The smallest absolute Gasteiger partial charge is 0.248 e. The molecule has 1 unspecified atom stereocenters. The number of nitrogens with zero attached hydrogens (tertiary/aromatic N) is 1. The molecule has 2 amide bonds. The molecule has 1 aromatic rings. The highest BCUT2D eigenvalue weighted by atomic mass is 79.9. The molecule has 4 nitrogen and oxygen atoms in total. The lowest BCUT2D eigenvalue weighted by Gasteiger charge is -2.39. The minimum Gasteiger partial charge on any atom is -0.340 e. The lowest BCUT2D eigenvalue weighted by atomic mass is 9.94. The summed E-state index contributed by atoms with van der Waals surface area (Å²) in [5.74, 6) is -0.703. The Kier molecular flexibility index (Phi) is 4.13. The molecule has 0 aliphatic carbocycles. The van der Waals surface area contributed by atoms with Gasteiger partial charge in [-0.05, 0) is 37.1 Å². The number of halogens is 2. The Balaban J connectivity index is 2.23. The molecule has 0 radical (unpaired) electrons. The second kappa shape index (κ2) is 5.52. The van der Waals surface area contributed by atoms with Gasteiger partial charge in [-0.2, -0.15) is 0 Å². The Morgan fingerprint density at radius 3 is 2.70 bits per heavy atom. The van der Waals surface area contributed by atoms with E-state index in [0.717, 1.165) is 0 Å². The molecule has 0 spiro atoms. The van der Waals surface area contributed by atoms with Gasteiger partial charge in [-0.1, -0.05) is 22.9 Å². The van der Waals surface area contributed by atoms with Crippen LogP contribution in [0.5, 0.6) is 0 Å². The fourth-order valence-corrected chi connectivity index (χ4v) is 2.80. The monoisotopic (exact) mass is 342 g/mol. The highest BCUT2D eigenvalue weighted by molar-refractivity contribution is 9.10. The van der Waals surface area contributed by atoms with E-state index < -0.39 is 5.54 Å². The predicted molar refractivity (Wildman–Crippen MR) is 76.4 cm³/mol. The van der Waals surface area contributed by atoms with Crippen LogP contribution in [0.4, 0.5) is 4.39 Å². The van der Waals surface area contributed by atoms with Gasteiger partial charge in [0.05, 0.1) is 6.54 Å². The van der Waals surface area contributed by atoms with Crippen LogP contribution in [0.15, 0.2) is 22.7 Å². The summed E-state index contributed by atoms with van der Waals surface area (Å²) in [7, 11) is 0. The van der Waals surface area contributed by atoms with Crippen LogP contribution < -0.4 is 5.32 Å². The maximum atomic E-state index is 13.4. The maximum Gasteiger partial charge on any atom is 0.248 e. The van der Waals surface area contributed by atoms with Gasteiger partial charge in [-0.25, -0.2) is 4.39 Å². The Bertz CT molecular complexity index is 544. The summed E-state index contributed by atoms with van der Waals surface area (Å²) in [6.45, 7) is 3.78. The third kappa shape index (κ3) is 3.00. The van der Waals surface area contributed by atoms with E-state index in [9.17, 15) is 14.0 Å². The van der Waals surface area contributed by atoms with Crippen LogP contribution in [-0.2, 0) is 16.1 Å². The van der Waals surface area contributed by atoms with Gasteiger partial charge in [-0.3, -0.25) is 9.59 Å². The topological polar surface area (TPSA) is 49.4 Å². The van der Waals surface area contributed by atoms with Crippen LogP contribution in [0.25, 0.3) is 0 Å². The van der Waals surface area contributed by atoms with Gasteiger partial charge in [0, 0.05) is 11.0 Å². The molecule has 1 aliphatic heterocycles. The highest BCUT2D eigenvalue weighted by Gasteiger charge is 2.41. The lowest BCUT2D eigenvalue weighted by Crippen LogP contribution is -2.64. The maximum absolute atomic E-state index is 13.4. The number of piperazine rings is 1. The standard InChI is InChI=1S/C14H16BrFN2O2/c1-3-14(2)13(20)18(8-12(19)17-14)7-9-4-10(15)6-11(16)5-9/h4-6H,3,7-8H2,1-2H3,(H,17,19). The van der Waals surface area contributed by atoms with Crippen molar-refractivity contribution in [2.75, 3.05) is 6.54 Å². The summed E-state index contributed by atoms with van der Waals surface area (Å²) in [6.07, 6.45) is 0.515. The summed E-state index contributed by atoms with van der Waals surface area (Å²) in [4.78, 5) is 25.6. The molecule has 20 heavy (non-hydrogen) atoms. The van der Waals surface area contributed by atoms with Crippen molar-refractivity contribution in [2.45, 2.75) is 32.4 Å². The van der Waals surface area contributed by atoms with Gasteiger partial charge < -0.3 is 10.2 Å². The second-order valence-corrected chi connectivity index (χ2v) is 6.09. The van der Waals surface area contributed by atoms with Crippen LogP contribution in [0.1, 0.15) is 25.8 Å².